The second-order valence-electron chi connectivity index (χ2n) is 1.72. The van der Waals surface area contributed by atoms with Crippen molar-refractivity contribution >= 4 is 6.41 Å². The molecule has 0 aromatic carbocycles. The molecule has 0 saturated carbocycles. The van der Waals surface area contributed by atoms with Gasteiger partial charge in [0, 0.05) is 12.6 Å². The lowest BCUT2D eigenvalue weighted by molar-refractivity contribution is -0.109. The Bertz CT molecular complexity index is 65.4. The maximum absolute atomic E-state index is 9.69. The smallest absolute Gasteiger partial charge is 0.207 e. The van der Waals surface area contributed by atoms with E-state index in [9.17, 15) is 4.79 Å². The zero-order chi connectivity index (χ0) is 6.41. The van der Waals surface area contributed by atoms with Crippen LogP contribution in [0.5, 0.6) is 0 Å². The molecule has 0 radical (unpaired) electrons. The number of nitrogens with one attached hydrogen (secondary N) is 2. The van der Waals surface area contributed by atoms with E-state index >= 15 is 0 Å². The third-order valence-corrected chi connectivity index (χ3v) is 1.00. The quantitative estimate of drug-likeness (QED) is 0.479. The minimum Gasteiger partial charge on any atom is -0.357 e. The number of carbonyl (C=O) groups excluding carboxylic acids is 1. The fourth-order valence-corrected chi connectivity index (χ4v) is 0.327. The molecule has 0 aliphatic carbocycles. The summed E-state index contributed by atoms with van der Waals surface area (Å²) in [5, 5.41) is 5.53. The number of amides is 1. The Labute approximate surface area is 49.5 Å². The van der Waals surface area contributed by atoms with E-state index in [0.717, 1.165) is 0 Å². The van der Waals surface area contributed by atoms with E-state index < -0.39 is 0 Å². The molecule has 1 unspecified atom stereocenters. The summed E-state index contributed by atoms with van der Waals surface area (Å²) in [6.45, 7) is 2.69. The normalized spacial score (nSPS) is 12.8. The highest BCUT2D eigenvalue weighted by molar-refractivity contribution is 5.45. The van der Waals surface area contributed by atoms with Crippen molar-refractivity contribution in [3.05, 3.63) is 0 Å². The van der Waals surface area contributed by atoms with Crippen LogP contribution in [0.25, 0.3) is 0 Å². The molecule has 0 aromatic rings. The van der Waals surface area contributed by atoms with Crippen molar-refractivity contribution in [1.29, 1.82) is 0 Å². The topological polar surface area (TPSA) is 41.1 Å². The fraction of sp³-hybridized carbons (Fsp3) is 0.800. The Morgan fingerprint density at radius 1 is 1.75 bits per heavy atom. The molecular formula is C5H12N2O. The molecule has 0 aromatic heterocycles. The number of hydrogen-bond acceptors (Lipinski definition) is 2. The summed E-state index contributed by atoms with van der Waals surface area (Å²) >= 11 is 0. The van der Waals surface area contributed by atoms with Crippen LogP contribution in [-0.4, -0.2) is 26.0 Å². The van der Waals surface area contributed by atoms with Crippen LogP contribution < -0.4 is 10.6 Å². The highest BCUT2D eigenvalue weighted by Gasteiger charge is 1.92. The van der Waals surface area contributed by atoms with Gasteiger partial charge in [0.05, 0.1) is 0 Å². The average Bonchev–Trinajstić information content (AvgIpc) is 1.83. The molecule has 0 saturated heterocycles. The first-order valence-corrected chi connectivity index (χ1v) is 2.65. The number of hydrogen-bond donors (Lipinski definition) is 2. The second-order valence-corrected chi connectivity index (χ2v) is 1.72. The Balaban J connectivity index is 2.97. The molecule has 0 fully saturated rings. The van der Waals surface area contributed by atoms with Gasteiger partial charge in [-0.15, -0.1) is 0 Å². The Morgan fingerprint density at radius 3 is 2.75 bits per heavy atom. The van der Waals surface area contributed by atoms with Gasteiger partial charge in [-0.25, -0.2) is 0 Å². The second kappa shape index (κ2) is 4.59. The lowest BCUT2D eigenvalue weighted by Crippen LogP contribution is -2.33. The molecule has 0 rings (SSSR count). The Kier molecular flexibility index (Phi) is 4.26. The third kappa shape index (κ3) is 3.61. The Hall–Kier alpha value is -0.570. The van der Waals surface area contributed by atoms with Gasteiger partial charge in [-0.05, 0) is 14.0 Å². The zero-order valence-corrected chi connectivity index (χ0v) is 5.27. The predicted octanol–water partition coefficient (Wildman–Crippen LogP) is -0.660. The van der Waals surface area contributed by atoms with Crippen LogP contribution >= 0.6 is 0 Å². The molecule has 0 spiro atoms. The first kappa shape index (κ1) is 7.43. The molecule has 48 valence electrons. The summed E-state index contributed by atoms with van der Waals surface area (Å²) in [7, 11) is 1.86. The van der Waals surface area contributed by atoms with E-state index in [4.69, 9.17) is 0 Å². The van der Waals surface area contributed by atoms with Crippen molar-refractivity contribution in [3.63, 3.8) is 0 Å². The van der Waals surface area contributed by atoms with E-state index in [0.29, 0.717) is 19.0 Å². The first-order valence-electron chi connectivity index (χ1n) is 2.65. The predicted molar refractivity (Wildman–Crippen MR) is 32.6 cm³/mol. The molecule has 8 heavy (non-hydrogen) atoms. The lowest BCUT2D eigenvalue weighted by Gasteiger charge is -2.06. The molecule has 0 aliphatic rings. The van der Waals surface area contributed by atoms with Crippen molar-refractivity contribution in [2.45, 2.75) is 13.0 Å². The van der Waals surface area contributed by atoms with Crippen LogP contribution in [0.3, 0.4) is 0 Å². The summed E-state index contributed by atoms with van der Waals surface area (Å²) in [6.07, 6.45) is 0.702. The Morgan fingerprint density at radius 2 is 2.38 bits per heavy atom. The highest BCUT2D eigenvalue weighted by atomic mass is 16.1. The van der Waals surface area contributed by atoms with Gasteiger partial charge in [-0.1, -0.05) is 0 Å². The van der Waals surface area contributed by atoms with E-state index in [1.54, 1.807) is 0 Å². The van der Waals surface area contributed by atoms with E-state index in [1.807, 2.05) is 14.0 Å². The average molecular weight is 116 g/mol. The van der Waals surface area contributed by atoms with Gasteiger partial charge in [0.15, 0.2) is 0 Å². The molecule has 3 heteroatoms. The molecule has 0 bridgehead atoms. The molecule has 0 heterocycles. The molecular weight excluding hydrogens is 104 g/mol. The van der Waals surface area contributed by atoms with Gasteiger partial charge in [0.2, 0.25) is 6.41 Å². The fourth-order valence-electron chi connectivity index (χ4n) is 0.327. The zero-order valence-electron chi connectivity index (χ0n) is 5.27. The summed E-state index contributed by atoms with van der Waals surface area (Å²) in [5.41, 5.74) is 0. The SMILES string of the molecule is CNC(C)CNC=O. The molecule has 1 amide bonds. The summed E-state index contributed by atoms with van der Waals surface area (Å²) in [4.78, 5) is 9.69. The monoisotopic (exact) mass is 116 g/mol. The van der Waals surface area contributed by atoms with E-state index in [2.05, 4.69) is 10.6 Å². The van der Waals surface area contributed by atoms with Crippen LogP contribution in [0.15, 0.2) is 0 Å². The maximum Gasteiger partial charge on any atom is 0.207 e. The summed E-state index contributed by atoms with van der Waals surface area (Å²) in [5.74, 6) is 0. The van der Waals surface area contributed by atoms with Crippen LogP contribution in [0, 0.1) is 0 Å². The minimum atomic E-state index is 0.361. The van der Waals surface area contributed by atoms with Crippen molar-refractivity contribution < 1.29 is 4.79 Å². The number of rotatable bonds is 4. The first-order chi connectivity index (χ1) is 3.81. The number of likely N-dealkylation sites (N-methyl/N-ethyl adjacent to an activating group) is 1. The summed E-state index contributed by atoms with van der Waals surface area (Å²) < 4.78 is 0. The minimum absolute atomic E-state index is 0.361. The van der Waals surface area contributed by atoms with E-state index in [-0.39, 0.29) is 0 Å². The van der Waals surface area contributed by atoms with Crippen LogP contribution in [-0.2, 0) is 4.79 Å². The highest BCUT2D eigenvalue weighted by Crippen LogP contribution is 1.71. The summed E-state index contributed by atoms with van der Waals surface area (Å²) in [6, 6.07) is 0.361. The number of carbonyl (C=O) groups is 1. The van der Waals surface area contributed by atoms with E-state index in [1.165, 1.54) is 0 Å². The van der Waals surface area contributed by atoms with Crippen LogP contribution in [0.4, 0.5) is 0 Å². The van der Waals surface area contributed by atoms with Crippen molar-refractivity contribution in [2.75, 3.05) is 13.6 Å². The van der Waals surface area contributed by atoms with Gasteiger partial charge in [0.1, 0.15) is 0 Å². The van der Waals surface area contributed by atoms with Gasteiger partial charge in [-0.2, -0.15) is 0 Å². The van der Waals surface area contributed by atoms with Crippen molar-refractivity contribution in [3.8, 4) is 0 Å². The molecule has 3 nitrogen and oxygen atoms in total. The third-order valence-electron chi connectivity index (χ3n) is 1.00. The standard InChI is InChI=1S/C5H12N2O/c1-5(6-2)3-7-4-8/h4-6H,3H2,1-2H3,(H,7,8). The maximum atomic E-state index is 9.69. The van der Waals surface area contributed by atoms with Crippen LogP contribution in [0.1, 0.15) is 6.92 Å². The van der Waals surface area contributed by atoms with Gasteiger partial charge >= 0.3 is 0 Å². The lowest BCUT2D eigenvalue weighted by atomic mass is 10.3. The van der Waals surface area contributed by atoms with Crippen molar-refractivity contribution in [1.82, 2.24) is 10.6 Å². The molecule has 1 atom stereocenters. The molecule has 0 aliphatic heterocycles. The van der Waals surface area contributed by atoms with Crippen LogP contribution in [0.2, 0.25) is 0 Å². The van der Waals surface area contributed by atoms with Gasteiger partial charge in [-0.3, -0.25) is 4.79 Å². The molecule has 2 N–H and O–H groups in total. The largest absolute Gasteiger partial charge is 0.357 e. The van der Waals surface area contributed by atoms with Gasteiger partial charge < -0.3 is 10.6 Å². The van der Waals surface area contributed by atoms with Gasteiger partial charge in [0.25, 0.3) is 0 Å². The van der Waals surface area contributed by atoms with Crippen molar-refractivity contribution in [2.24, 2.45) is 0 Å².